The lowest BCUT2D eigenvalue weighted by atomic mass is 9.89. The van der Waals surface area contributed by atoms with Gasteiger partial charge in [-0.1, -0.05) is 60.2 Å². The molecule has 1 saturated heterocycles. The molecule has 2 aromatic rings. The second-order valence-corrected chi connectivity index (χ2v) is 6.97. The summed E-state index contributed by atoms with van der Waals surface area (Å²) in [5.41, 5.74) is 9.65. The molecule has 0 unspecified atom stereocenters. The van der Waals surface area contributed by atoms with Crippen LogP contribution in [0.1, 0.15) is 22.6 Å². The van der Waals surface area contributed by atoms with Crippen molar-refractivity contribution in [1.29, 1.82) is 0 Å². The van der Waals surface area contributed by atoms with Gasteiger partial charge in [-0.25, -0.2) is 0 Å². The van der Waals surface area contributed by atoms with Gasteiger partial charge in [-0.3, -0.25) is 9.69 Å². The number of rotatable bonds is 6. The Morgan fingerprint density at radius 2 is 1.81 bits per heavy atom. The molecular formula is C21H28ClN3O. The van der Waals surface area contributed by atoms with E-state index in [1.54, 1.807) is 0 Å². The first kappa shape index (κ1) is 20.4. The van der Waals surface area contributed by atoms with Crippen LogP contribution < -0.4 is 11.1 Å². The zero-order chi connectivity index (χ0) is 17.6. The summed E-state index contributed by atoms with van der Waals surface area (Å²) in [6.45, 7) is 5.51. The molecule has 0 bridgehead atoms. The summed E-state index contributed by atoms with van der Waals surface area (Å²) >= 11 is 0. The topological polar surface area (TPSA) is 58.4 Å². The summed E-state index contributed by atoms with van der Waals surface area (Å²) in [5, 5.41) is 3.02. The lowest BCUT2D eigenvalue weighted by molar-refractivity contribution is -0.122. The molecule has 5 heteroatoms. The first-order chi connectivity index (χ1) is 12.2. The van der Waals surface area contributed by atoms with Crippen molar-refractivity contribution in [2.75, 3.05) is 26.2 Å². The quantitative estimate of drug-likeness (QED) is 0.818. The molecule has 1 aliphatic rings. The predicted octanol–water partition coefficient (Wildman–Crippen LogP) is 2.71. The molecule has 1 fully saturated rings. The van der Waals surface area contributed by atoms with Crippen molar-refractivity contribution in [1.82, 2.24) is 10.2 Å². The fraction of sp³-hybridized carbons (Fsp3) is 0.381. The number of carbonyl (C=O) groups is 1. The van der Waals surface area contributed by atoms with Crippen molar-refractivity contribution in [3.05, 3.63) is 71.3 Å². The number of hydrogen-bond acceptors (Lipinski definition) is 3. The molecule has 1 amide bonds. The maximum Gasteiger partial charge on any atom is 0.234 e. The summed E-state index contributed by atoms with van der Waals surface area (Å²) in [5.74, 6) is 0.897. The molecule has 1 aliphatic heterocycles. The zero-order valence-electron chi connectivity index (χ0n) is 15.2. The maximum absolute atomic E-state index is 12.3. The third-order valence-corrected chi connectivity index (χ3v) is 5.02. The van der Waals surface area contributed by atoms with Gasteiger partial charge >= 0.3 is 0 Å². The van der Waals surface area contributed by atoms with Gasteiger partial charge in [-0.15, -0.1) is 12.4 Å². The van der Waals surface area contributed by atoms with Gasteiger partial charge in [0, 0.05) is 25.6 Å². The van der Waals surface area contributed by atoms with Gasteiger partial charge in [-0.05, 0) is 30.5 Å². The molecule has 0 spiro atoms. The lowest BCUT2D eigenvalue weighted by Gasteiger charge is -2.16. The van der Waals surface area contributed by atoms with Crippen LogP contribution in [0.2, 0.25) is 0 Å². The number of benzene rings is 2. The normalized spacial score (nSPS) is 19.8. The van der Waals surface area contributed by atoms with Gasteiger partial charge in [0.25, 0.3) is 0 Å². The van der Waals surface area contributed by atoms with Crippen LogP contribution in [0, 0.1) is 12.8 Å². The number of nitrogens with two attached hydrogens (primary N) is 1. The Bertz CT molecular complexity index is 690. The van der Waals surface area contributed by atoms with Crippen molar-refractivity contribution in [3.8, 4) is 0 Å². The second-order valence-electron chi connectivity index (χ2n) is 6.97. The Morgan fingerprint density at radius 1 is 1.12 bits per heavy atom. The number of carbonyl (C=O) groups excluding carboxylic acids is 1. The van der Waals surface area contributed by atoms with Crippen LogP contribution in [0.25, 0.3) is 0 Å². The first-order valence-corrected chi connectivity index (χ1v) is 8.95. The van der Waals surface area contributed by atoms with Crippen LogP contribution in [0.15, 0.2) is 54.6 Å². The van der Waals surface area contributed by atoms with E-state index >= 15 is 0 Å². The molecule has 3 rings (SSSR count). The Labute approximate surface area is 162 Å². The molecule has 1 heterocycles. The van der Waals surface area contributed by atoms with Crippen LogP contribution in [0.4, 0.5) is 0 Å². The monoisotopic (exact) mass is 373 g/mol. The van der Waals surface area contributed by atoms with Crippen molar-refractivity contribution >= 4 is 18.3 Å². The van der Waals surface area contributed by atoms with Crippen molar-refractivity contribution in [3.63, 3.8) is 0 Å². The number of amides is 1. The van der Waals surface area contributed by atoms with Crippen LogP contribution in [0.5, 0.6) is 0 Å². The summed E-state index contributed by atoms with van der Waals surface area (Å²) in [7, 11) is 0. The number of likely N-dealkylation sites (tertiary alicyclic amines) is 1. The lowest BCUT2D eigenvalue weighted by Crippen LogP contribution is -2.36. The molecule has 0 aliphatic carbocycles. The minimum absolute atomic E-state index is 0. The highest BCUT2D eigenvalue weighted by Crippen LogP contribution is 2.31. The van der Waals surface area contributed by atoms with Crippen LogP contribution in [-0.2, 0) is 11.3 Å². The molecule has 140 valence electrons. The molecule has 3 N–H and O–H groups in total. The van der Waals surface area contributed by atoms with Gasteiger partial charge in [0.15, 0.2) is 0 Å². The number of nitrogens with one attached hydrogen (secondary N) is 1. The van der Waals surface area contributed by atoms with Gasteiger partial charge < -0.3 is 11.1 Å². The van der Waals surface area contributed by atoms with E-state index in [9.17, 15) is 4.79 Å². The van der Waals surface area contributed by atoms with Gasteiger partial charge in [0.1, 0.15) is 0 Å². The average molecular weight is 374 g/mol. The van der Waals surface area contributed by atoms with Crippen molar-refractivity contribution in [2.45, 2.75) is 19.4 Å². The zero-order valence-corrected chi connectivity index (χ0v) is 16.0. The van der Waals surface area contributed by atoms with Crippen molar-refractivity contribution < 1.29 is 4.79 Å². The van der Waals surface area contributed by atoms with E-state index in [4.69, 9.17) is 5.73 Å². The number of hydrogen-bond donors (Lipinski definition) is 2. The third kappa shape index (κ3) is 5.31. The number of nitrogens with zero attached hydrogens (tertiary/aromatic N) is 1. The molecule has 4 nitrogen and oxygen atoms in total. The molecule has 0 radical (unpaired) electrons. The second kappa shape index (κ2) is 9.72. The highest BCUT2D eigenvalue weighted by Gasteiger charge is 2.33. The predicted molar refractivity (Wildman–Crippen MR) is 108 cm³/mol. The summed E-state index contributed by atoms with van der Waals surface area (Å²) in [6.07, 6.45) is 0. The minimum Gasteiger partial charge on any atom is -0.351 e. The average Bonchev–Trinajstić information content (AvgIpc) is 3.05. The van der Waals surface area contributed by atoms with E-state index in [2.05, 4.69) is 65.7 Å². The number of halogens is 1. The van der Waals surface area contributed by atoms with E-state index < -0.39 is 0 Å². The molecule has 0 saturated carbocycles. The molecule has 0 aromatic heterocycles. The summed E-state index contributed by atoms with van der Waals surface area (Å²) in [4.78, 5) is 14.5. The van der Waals surface area contributed by atoms with E-state index in [1.807, 2.05) is 6.07 Å². The summed E-state index contributed by atoms with van der Waals surface area (Å²) in [6, 6.07) is 18.7. The van der Waals surface area contributed by atoms with Crippen LogP contribution in [0.3, 0.4) is 0 Å². The highest BCUT2D eigenvalue weighted by molar-refractivity contribution is 5.85. The SMILES string of the molecule is Cc1ccc(CNC(=O)CN2C[C@@H](CN)[C@H](c3ccccc3)C2)cc1.Cl. The largest absolute Gasteiger partial charge is 0.351 e. The Kier molecular flexibility index (Phi) is 7.64. The van der Waals surface area contributed by atoms with E-state index in [0.717, 1.165) is 18.7 Å². The Hall–Kier alpha value is -1.88. The van der Waals surface area contributed by atoms with Crippen LogP contribution in [-0.4, -0.2) is 37.0 Å². The van der Waals surface area contributed by atoms with Crippen LogP contribution >= 0.6 is 12.4 Å². The Balaban J connectivity index is 0.00000243. The van der Waals surface area contributed by atoms with E-state index in [-0.39, 0.29) is 18.3 Å². The minimum atomic E-state index is 0. The fourth-order valence-corrected chi connectivity index (χ4v) is 3.57. The van der Waals surface area contributed by atoms with E-state index in [0.29, 0.717) is 31.5 Å². The standard InChI is InChI=1S/C21H27N3O.ClH/c1-16-7-9-17(10-8-16)12-23-21(25)15-24-13-19(11-22)20(14-24)18-5-3-2-4-6-18;/h2-10,19-20H,11-15,22H2,1H3,(H,23,25);1H/t19-,20+;/m1./s1. The third-order valence-electron chi connectivity index (χ3n) is 5.02. The molecule has 26 heavy (non-hydrogen) atoms. The fourth-order valence-electron chi connectivity index (χ4n) is 3.57. The Morgan fingerprint density at radius 3 is 2.46 bits per heavy atom. The van der Waals surface area contributed by atoms with E-state index in [1.165, 1.54) is 11.1 Å². The smallest absolute Gasteiger partial charge is 0.234 e. The van der Waals surface area contributed by atoms with Gasteiger partial charge in [-0.2, -0.15) is 0 Å². The molecule has 2 aromatic carbocycles. The van der Waals surface area contributed by atoms with Crippen molar-refractivity contribution in [2.24, 2.45) is 11.7 Å². The first-order valence-electron chi connectivity index (χ1n) is 8.95. The van der Waals surface area contributed by atoms with Gasteiger partial charge in [0.05, 0.1) is 6.54 Å². The molecular weight excluding hydrogens is 346 g/mol. The molecule has 2 atom stereocenters. The van der Waals surface area contributed by atoms with Gasteiger partial charge in [0.2, 0.25) is 5.91 Å². The number of aryl methyl sites for hydroxylation is 1. The highest BCUT2D eigenvalue weighted by atomic mass is 35.5. The summed E-state index contributed by atoms with van der Waals surface area (Å²) < 4.78 is 0. The maximum atomic E-state index is 12.3.